The van der Waals surface area contributed by atoms with Crippen LogP contribution in [0.25, 0.3) is 11.5 Å². The number of hydrogen-bond acceptors (Lipinski definition) is 6. The molecule has 0 bridgehead atoms. The van der Waals surface area contributed by atoms with Gasteiger partial charge in [-0.2, -0.15) is 0 Å². The van der Waals surface area contributed by atoms with Gasteiger partial charge in [0.25, 0.3) is 11.8 Å². The first-order valence-electron chi connectivity index (χ1n) is 8.92. The lowest BCUT2D eigenvalue weighted by molar-refractivity contribution is 0.0698. The summed E-state index contributed by atoms with van der Waals surface area (Å²) in [6, 6.07) is 11.1. The molecule has 0 aliphatic carbocycles. The van der Waals surface area contributed by atoms with Crippen molar-refractivity contribution in [3.05, 3.63) is 60.2 Å². The summed E-state index contributed by atoms with van der Waals surface area (Å²) in [5, 5.41) is 8.42. The van der Waals surface area contributed by atoms with E-state index in [2.05, 4.69) is 15.2 Å². The van der Waals surface area contributed by atoms with Crippen molar-refractivity contribution >= 4 is 5.91 Å². The smallest absolute Gasteiger partial charge is 0.255 e. The van der Waals surface area contributed by atoms with Crippen LogP contribution in [0.15, 0.2) is 53.2 Å². The first-order chi connectivity index (χ1) is 13.3. The van der Waals surface area contributed by atoms with Gasteiger partial charge in [0.1, 0.15) is 5.75 Å². The van der Waals surface area contributed by atoms with Crippen LogP contribution in [0.5, 0.6) is 5.75 Å². The van der Waals surface area contributed by atoms with Crippen LogP contribution in [-0.4, -0.2) is 46.2 Å². The van der Waals surface area contributed by atoms with Crippen LogP contribution in [0.3, 0.4) is 0 Å². The molecule has 27 heavy (non-hydrogen) atoms. The molecule has 1 atom stereocenters. The summed E-state index contributed by atoms with van der Waals surface area (Å²) in [6.45, 7) is 1.28. The molecule has 1 aliphatic rings. The van der Waals surface area contributed by atoms with Crippen molar-refractivity contribution in [3.63, 3.8) is 0 Å². The number of piperidine rings is 1. The number of rotatable bonds is 4. The first kappa shape index (κ1) is 17.2. The van der Waals surface area contributed by atoms with E-state index in [0.717, 1.165) is 24.9 Å². The fraction of sp³-hybridized carbons (Fsp3) is 0.300. The Labute approximate surface area is 157 Å². The van der Waals surface area contributed by atoms with Crippen LogP contribution in [0.2, 0.25) is 0 Å². The fourth-order valence-corrected chi connectivity index (χ4v) is 3.36. The van der Waals surface area contributed by atoms with Crippen molar-refractivity contribution in [2.24, 2.45) is 0 Å². The molecule has 1 aliphatic heterocycles. The number of benzene rings is 1. The van der Waals surface area contributed by atoms with Crippen LogP contribution >= 0.6 is 0 Å². The lowest BCUT2D eigenvalue weighted by Crippen LogP contribution is -2.39. The normalized spacial score (nSPS) is 16.9. The summed E-state index contributed by atoms with van der Waals surface area (Å²) >= 11 is 0. The Kier molecular flexibility index (Phi) is 4.82. The SMILES string of the molecule is COc1ccccc1-c1nnc([C@H]2CCCN(C(=O)c3cccnc3)C2)o1. The largest absolute Gasteiger partial charge is 0.496 e. The van der Waals surface area contributed by atoms with E-state index >= 15 is 0 Å². The molecule has 0 spiro atoms. The Morgan fingerprint density at radius 3 is 2.93 bits per heavy atom. The highest BCUT2D eigenvalue weighted by Gasteiger charge is 2.29. The average Bonchev–Trinajstić information content (AvgIpc) is 3.24. The maximum absolute atomic E-state index is 12.7. The molecule has 0 unspecified atom stereocenters. The highest BCUT2D eigenvalue weighted by molar-refractivity contribution is 5.94. The number of hydrogen-bond donors (Lipinski definition) is 0. The van der Waals surface area contributed by atoms with Gasteiger partial charge in [0, 0.05) is 25.5 Å². The molecule has 1 saturated heterocycles. The number of pyridine rings is 1. The van der Waals surface area contributed by atoms with Crippen molar-refractivity contribution < 1.29 is 13.9 Å². The number of para-hydroxylation sites is 1. The third-order valence-corrected chi connectivity index (χ3v) is 4.74. The number of amides is 1. The number of ether oxygens (including phenoxy) is 1. The standard InChI is InChI=1S/C20H20N4O3/c1-26-17-9-3-2-8-16(17)19-23-22-18(27-19)15-7-5-11-24(13-15)20(25)14-6-4-10-21-12-14/h2-4,6,8-10,12,15H,5,7,11,13H2,1H3/t15-/m0/s1. The molecule has 0 N–H and O–H groups in total. The molecule has 3 aromatic rings. The minimum absolute atomic E-state index is 0.0164. The zero-order valence-electron chi connectivity index (χ0n) is 15.0. The molecule has 2 aromatic heterocycles. The van der Waals surface area contributed by atoms with E-state index < -0.39 is 0 Å². The molecule has 3 heterocycles. The van der Waals surface area contributed by atoms with Crippen LogP contribution in [-0.2, 0) is 0 Å². The summed E-state index contributed by atoms with van der Waals surface area (Å²) in [6.07, 6.45) is 5.06. The van der Waals surface area contributed by atoms with Gasteiger partial charge >= 0.3 is 0 Å². The van der Waals surface area contributed by atoms with Crippen molar-refractivity contribution in [2.75, 3.05) is 20.2 Å². The summed E-state index contributed by atoms with van der Waals surface area (Å²) in [5.41, 5.74) is 1.36. The van der Waals surface area contributed by atoms with E-state index in [0.29, 0.717) is 29.6 Å². The Bertz CT molecular complexity index is 926. The molecule has 0 saturated carbocycles. The van der Waals surface area contributed by atoms with Crippen LogP contribution < -0.4 is 4.74 Å². The van der Waals surface area contributed by atoms with Gasteiger partial charge in [-0.05, 0) is 37.1 Å². The Morgan fingerprint density at radius 2 is 2.11 bits per heavy atom. The van der Waals surface area contributed by atoms with Gasteiger partial charge in [0.05, 0.1) is 24.2 Å². The predicted molar refractivity (Wildman–Crippen MR) is 98.4 cm³/mol. The molecular formula is C20H20N4O3. The van der Waals surface area contributed by atoms with Gasteiger partial charge < -0.3 is 14.1 Å². The fourth-order valence-electron chi connectivity index (χ4n) is 3.36. The number of aromatic nitrogens is 3. The minimum atomic E-state index is -0.0164. The molecule has 138 valence electrons. The second kappa shape index (κ2) is 7.57. The van der Waals surface area contributed by atoms with E-state index in [-0.39, 0.29) is 11.8 Å². The number of carbonyl (C=O) groups excluding carboxylic acids is 1. The molecule has 1 fully saturated rings. The summed E-state index contributed by atoms with van der Waals surface area (Å²) in [4.78, 5) is 18.6. The number of likely N-dealkylation sites (tertiary alicyclic amines) is 1. The van der Waals surface area contributed by atoms with Crippen LogP contribution in [0.4, 0.5) is 0 Å². The molecule has 7 nitrogen and oxygen atoms in total. The summed E-state index contributed by atoms with van der Waals surface area (Å²) in [5.74, 6) is 1.68. The molecule has 0 radical (unpaired) electrons. The third-order valence-electron chi connectivity index (χ3n) is 4.74. The lowest BCUT2D eigenvalue weighted by atomic mass is 9.97. The second-order valence-electron chi connectivity index (χ2n) is 6.48. The number of nitrogens with zero attached hydrogens (tertiary/aromatic N) is 4. The van der Waals surface area contributed by atoms with E-state index in [1.807, 2.05) is 29.2 Å². The predicted octanol–water partition coefficient (Wildman–Crippen LogP) is 3.16. The maximum atomic E-state index is 12.7. The van der Waals surface area contributed by atoms with E-state index in [1.165, 1.54) is 0 Å². The molecule has 1 amide bonds. The van der Waals surface area contributed by atoms with Gasteiger partial charge in [-0.1, -0.05) is 12.1 Å². The second-order valence-corrected chi connectivity index (χ2v) is 6.48. The molecular weight excluding hydrogens is 344 g/mol. The Hall–Kier alpha value is -3.22. The average molecular weight is 364 g/mol. The first-order valence-corrected chi connectivity index (χ1v) is 8.92. The topological polar surface area (TPSA) is 81.4 Å². The van der Waals surface area contributed by atoms with E-state index in [9.17, 15) is 4.79 Å². The molecule has 4 rings (SSSR count). The maximum Gasteiger partial charge on any atom is 0.255 e. The van der Waals surface area contributed by atoms with Crippen molar-refractivity contribution in [2.45, 2.75) is 18.8 Å². The number of methoxy groups -OCH3 is 1. The zero-order valence-corrected chi connectivity index (χ0v) is 15.0. The highest BCUT2D eigenvalue weighted by atomic mass is 16.5. The van der Waals surface area contributed by atoms with Gasteiger partial charge in [-0.15, -0.1) is 10.2 Å². The molecule has 1 aromatic carbocycles. The van der Waals surface area contributed by atoms with Gasteiger partial charge in [0.15, 0.2) is 0 Å². The van der Waals surface area contributed by atoms with Gasteiger partial charge in [-0.3, -0.25) is 9.78 Å². The van der Waals surface area contributed by atoms with Crippen LogP contribution in [0, 0.1) is 0 Å². The van der Waals surface area contributed by atoms with Crippen LogP contribution in [0.1, 0.15) is 35.0 Å². The van der Waals surface area contributed by atoms with E-state index in [1.54, 1.807) is 31.6 Å². The monoisotopic (exact) mass is 364 g/mol. The number of carbonyl (C=O) groups is 1. The summed E-state index contributed by atoms with van der Waals surface area (Å²) in [7, 11) is 1.61. The van der Waals surface area contributed by atoms with Crippen molar-refractivity contribution in [1.29, 1.82) is 0 Å². The zero-order chi connectivity index (χ0) is 18.6. The van der Waals surface area contributed by atoms with Crippen molar-refractivity contribution in [3.8, 4) is 17.2 Å². The third kappa shape index (κ3) is 3.53. The minimum Gasteiger partial charge on any atom is -0.496 e. The lowest BCUT2D eigenvalue weighted by Gasteiger charge is -2.31. The quantitative estimate of drug-likeness (QED) is 0.707. The Balaban J connectivity index is 1.52. The van der Waals surface area contributed by atoms with Crippen molar-refractivity contribution in [1.82, 2.24) is 20.1 Å². The molecule has 7 heteroatoms. The Morgan fingerprint density at radius 1 is 1.22 bits per heavy atom. The highest BCUT2D eigenvalue weighted by Crippen LogP contribution is 2.32. The van der Waals surface area contributed by atoms with Gasteiger partial charge in [-0.25, -0.2) is 0 Å². The van der Waals surface area contributed by atoms with Gasteiger partial charge in [0.2, 0.25) is 5.89 Å². The summed E-state index contributed by atoms with van der Waals surface area (Å²) < 4.78 is 11.3. The van der Waals surface area contributed by atoms with E-state index in [4.69, 9.17) is 9.15 Å².